The van der Waals surface area contributed by atoms with E-state index in [9.17, 15) is 10.1 Å². The number of halogens is 2. The molecule has 0 heterocycles. The number of rotatable bonds is 8. The van der Waals surface area contributed by atoms with E-state index in [4.69, 9.17) is 23.2 Å². The summed E-state index contributed by atoms with van der Waals surface area (Å²) in [5.74, 6) is 1.65. The first kappa shape index (κ1) is 21.1. The fourth-order valence-corrected chi connectivity index (χ4v) is 5.32. The first-order valence-electron chi connectivity index (χ1n) is 8.48. The molecule has 0 aromatic heterocycles. The Bertz CT molecular complexity index is 867. The first-order valence-corrected chi connectivity index (χ1v) is 11.3. The summed E-state index contributed by atoms with van der Waals surface area (Å²) >= 11 is 15.5. The predicted octanol–water partition coefficient (Wildman–Crippen LogP) is 7.77. The topological polar surface area (TPSA) is 43.1 Å². The predicted molar refractivity (Wildman–Crippen MR) is 121 cm³/mol. The van der Waals surface area contributed by atoms with Gasteiger partial charge in [0.25, 0.3) is 5.69 Å². The van der Waals surface area contributed by atoms with Crippen molar-refractivity contribution in [3.63, 3.8) is 0 Å². The summed E-state index contributed by atoms with van der Waals surface area (Å²) in [5, 5.41) is 12.4. The van der Waals surface area contributed by atoms with Gasteiger partial charge in [-0.15, -0.1) is 23.5 Å². The van der Waals surface area contributed by atoms with Crippen LogP contribution in [0.2, 0.25) is 10.0 Å². The van der Waals surface area contributed by atoms with E-state index in [0.717, 1.165) is 27.1 Å². The van der Waals surface area contributed by atoms with Gasteiger partial charge in [-0.3, -0.25) is 10.1 Å². The average molecular weight is 450 g/mol. The maximum absolute atomic E-state index is 10.9. The first-order chi connectivity index (χ1) is 13.5. The van der Waals surface area contributed by atoms with Crippen LogP contribution in [0.4, 0.5) is 5.69 Å². The van der Waals surface area contributed by atoms with Crippen molar-refractivity contribution in [3.8, 4) is 0 Å². The van der Waals surface area contributed by atoms with Crippen LogP contribution in [0, 0.1) is 10.1 Å². The van der Waals surface area contributed by atoms with Gasteiger partial charge in [0.15, 0.2) is 0 Å². The molecule has 3 aromatic carbocycles. The summed E-state index contributed by atoms with van der Waals surface area (Å²) in [5.41, 5.74) is 3.54. The highest BCUT2D eigenvalue weighted by atomic mass is 35.5. The van der Waals surface area contributed by atoms with Gasteiger partial charge in [-0.1, -0.05) is 59.6 Å². The molecule has 0 aliphatic rings. The summed E-state index contributed by atoms with van der Waals surface area (Å²) in [4.78, 5) is 10.6. The molecule has 0 N–H and O–H groups in total. The third kappa shape index (κ3) is 6.17. The summed E-state index contributed by atoms with van der Waals surface area (Å²) in [6, 6.07) is 22.4. The van der Waals surface area contributed by atoms with Crippen LogP contribution in [0.15, 0.2) is 72.8 Å². The summed E-state index contributed by atoms with van der Waals surface area (Å²) in [7, 11) is 0. The Kier molecular flexibility index (Phi) is 7.68. The number of nitrogens with zero attached hydrogens (tertiary/aromatic N) is 1. The Labute approximate surface area is 182 Å². The highest BCUT2D eigenvalue weighted by Crippen LogP contribution is 2.43. The van der Waals surface area contributed by atoms with Crippen molar-refractivity contribution in [2.75, 3.05) is 0 Å². The van der Waals surface area contributed by atoms with Crippen molar-refractivity contribution < 1.29 is 4.92 Å². The standard InChI is InChI=1S/C21H17Cl2NO2S2/c22-18-7-1-15(2-8-18)13-27-21(17-5-11-20(12-6-17)24(25)26)28-14-16-3-9-19(23)10-4-16/h1-12,21H,13-14H2. The third-order valence-electron chi connectivity index (χ3n) is 4.01. The second kappa shape index (κ2) is 10.2. The minimum atomic E-state index is -0.375. The molecule has 28 heavy (non-hydrogen) atoms. The quantitative estimate of drug-likeness (QED) is 0.200. The second-order valence-electron chi connectivity index (χ2n) is 6.06. The van der Waals surface area contributed by atoms with E-state index < -0.39 is 0 Å². The lowest BCUT2D eigenvalue weighted by Gasteiger charge is -2.17. The van der Waals surface area contributed by atoms with Gasteiger partial charge in [-0.2, -0.15) is 0 Å². The maximum atomic E-state index is 10.9. The SMILES string of the molecule is O=[N+]([O-])c1ccc(C(SCc2ccc(Cl)cc2)SCc2ccc(Cl)cc2)cc1. The monoisotopic (exact) mass is 449 g/mol. The molecule has 0 aliphatic heterocycles. The molecule has 0 amide bonds. The molecule has 7 heteroatoms. The zero-order valence-electron chi connectivity index (χ0n) is 14.8. The van der Waals surface area contributed by atoms with E-state index >= 15 is 0 Å². The zero-order valence-corrected chi connectivity index (χ0v) is 17.9. The van der Waals surface area contributed by atoms with Gasteiger partial charge in [0, 0.05) is 33.7 Å². The minimum Gasteiger partial charge on any atom is -0.258 e. The van der Waals surface area contributed by atoms with Crippen molar-refractivity contribution in [3.05, 3.63) is 110 Å². The summed E-state index contributed by atoms with van der Waals surface area (Å²) in [6.07, 6.45) is 0. The van der Waals surface area contributed by atoms with Gasteiger partial charge in [0.05, 0.1) is 9.51 Å². The number of nitro benzene ring substituents is 1. The van der Waals surface area contributed by atoms with E-state index in [0.29, 0.717) is 0 Å². The molecule has 3 aromatic rings. The molecule has 0 saturated carbocycles. The molecular weight excluding hydrogens is 433 g/mol. The highest BCUT2D eigenvalue weighted by molar-refractivity contribution is 8.15. The zero-order chi connectivity index (χ0) is 19.9. The summed E-state index contributed by atoms with van der Waals surface area (Å²) in [6.45, 7) is 0. The van der Waals surface area contributed by atoms with Crippen molar-refractivity contribution in [2.45, 2.75) is 16.1 Å². The molecule has 0 fully saturated rings. The van der Waals surface area contributed by atoms with Crippen LogP contribution in [0.5, 0.6) is 0 Å². The van der Waals surface area contributed by atoms with Crippen LogP contribution >= 0.6 is 46.7 Å². The van der Waals surface area contributed by atoms with Gasteiger partial charge in [-0.05, 0) is 41.0 Å². The average Bonchev–Trinajstić information content (AvgIpc) is 2.71. The van der Waals surface area contributed by atoms with E-state index in [1.54, 1.807) is 35.7 Å². The number of non-ortho nitro benzene ring substituents is 1. The van der Waals surface area contributed by atoms with Gasteiger partial charge in [0.1, 0.15) is 0 Å². The third-order valence-corrected chi connectivity index (χ3v) is 7.48. The van der Waals surface area contributed by atoms with E-state index in [1.807, 2.05) is 60.7 Å². The van der Waals surface area contributed by atoms with Gasteiger partial charge < -0.3 is 0 Å². The fraction of sp³-hybridized carbons (Fsp3) is 0.143. The Morgan fingerprint density at radius 1 is 0.750 bits per heavy atom. The number of hydrogen-bond donors (Lipinski definition) is 0. The Morgan fingerprint density at radius 2 is 1.18 bits per heavy atom. The maximum Gasteiger partial charge on any atom is 0.269 e. The van der Waals surface area contributed by atoms with Crippen molar-refractivity contribution in [1.29, 1.82) is 0 Å². The lowest BCUT2D eigenvalue weighted by Crippen LogP contribution is -1.94. The van der Waals surface area contributed by atoms with Crippen molar-refractivity contribution in [1.82, 2.24) is 0 Å². The Morgan fingerprint density at radius 3 is 1.57 bits per heavy atom. The largest absolute Gasteiger partial charge is 0.269 e. The Hall–Kier alpha value is -1.66. The van der Waals surface area contributed by atoms with Crippen molar-refractivity contribution in [2.24, 2.45) is 0 Å². The molecule has 0 saturated heterocycles. The Balaban J connectivity index is 1.72. The molecule has 0 spiro atoms. The fourth-order valence-electron chi connectivity index (χ4n) is 2.50. The van der Waals surface area contributed by atoms with E-state index in [-0.39, 0.29) is 15.2 Å². The van der Waals surface area contributed by atoms with Crippen LogP contribution in [0.25, 0.3) is 0 Å². The molecule has 3 nitrogen and oxygen atoms in total. The van der Waals surface area contributed by atoms with Crippen LogP contribution in [-0.4, -0.2) is 4.92 Å². The van der Waals surface area contributed by atoms with Gasteiger partial charge in [-0.25, -0.2) is 0 Å². The lowest BCUT2D eigenvalue weighted by molar-refractivity contribution is -0.384. The van der Waals surface area contributed by atoms with Crippen LogP contribution in [0.1, 0.15) is 21.3 Å². The number of benzene rings is 3. The summed E-state index contributed by atoms with van der Waals surface area (Å²) < 4.78 is 0.146. The normalized spacial score (nSPS) is 11.0. The molecule has 144 valence electrons. The minimum absolute atomic E-state index is 0.105. The molecule has 0 unspecified atom stereocenters. The van der Waals surface area contributed by atoms with E-state index in [2.05, 4.69) is 0 Å². The molecule has 0 atom stereocenters. The molecule has 0 radical (unpaired) electrons. The van der Waals surface area contributed by atoms with Gasteiger partial charge in [0.2, 0.25) is 0 Å². The van der Waals surface area contributed by atoms with E-state index in [1.165, 1.54) is 11.1 Å². The molecule has 3 rings (SSSR count). The smallest absolute Gasteiger partial charge is 0.258 e. The highest BCUT2D eigenvalue weighted by Gasteiger charge is 2.15. The number of hydrogen-bond acceptors (Lipinski definition) is 4. The number of thioether (sulfide) groups is 2. The van der Waals surface area contributed by atoms with Crippen LogP contribution in [0.3, 0.4) is 0 Å². The van der Waals surface area contributed by atoms with Crippen molar-refractivity contribution >= 4 is 52.4 Å². The molecule has 0 aliphatic carbocycles. The van der Waals surface area contributed by atoms with Crippen LogP contribution in [-0.2, 0) is 11.5 Å². The number of nitro groups is 1. The molecular formula is C21H17Cl2NO2S2. The molecule has 0 bridgehead atoms. The second-order valence-corrected chi connectivity index (χ2v) is 9.41. The van der Waals surface area contributed by atoms with Crippen LogP contribution < -0.4 is 0 Å². The van der Waals surface area contributed by atoms with Gasteiger partial charge >= 0.3 is 0 Å². The lowest BCUT2D eigenvalue weighted by atomic mass is 10.2.